The molecule has 0 bridgehead atoms. The zero-order chi connectivity index (χ0) is 10.0. The molecule has 0 saturated carbocycles. The summed E-state index contributed by atoms with van der Waals surface area (Å²) in [5, 5.41) is 0.327. The van der Waals surface area contributed by atoms with Gasteiger partial charge in [0, 0.05) is 13.2 Å². The van der Waals surface area contributed by atoms with E-state index in [9.17, 15) is 0 Å². The Hall–Kier alpha value is 0.270. The maximum absolute atomic E-state index is 6.06. The molecule has 2 saturated heterocycles. The summed E-state index contributed by atoms with van der Waals surface area (Å²) >= 11 is 4.57. The van der Waals surface area contributed by atoms with Crippen LogP contribution in [-0.2, 0) is 4.74 Å². The first-order valence-electron chi connectivity index (χ1n) is 5.83. The summed E-state index contributed by atoms with van der Waals surface area (Å²) in [5.41, 5.74) is 0.0532. The molecule has 82 valence electrons. The standard InChI is InChI=1S/C11H21NOS/c1-10(14)12-8-4-2-6-11(12)7-3-5-9-13-11/h10,14H,2-9H2,1H3. The van der Waals surface area contributed by atoms with Crippen molar-refractivity contribution in [1.82, 2.24) is 4.90 Å². The Bertz CT molecular complexity index is 181. The zero-order valence-electron chi connectivity index (χ0n) is 9.04. The lowest BCUT2D eigenvalue weighted by atomic mass is 9.91. The fraction of sp³-hybridized carbons (Fsp3) is 1.00. The van der Waals surface area contributed by atoms with Gasteiger partial charge in [0.1, 0.15) is 5.72 Å². The highest BCUT2D eigenvalue weighted by Gasteiger charge is 2.42. The van der Waals surface area contributed by atoms with Crippen molar-refractivity contribution >= 4 is 12.6 Å². The lowest BCUT2D eigenvalue weighted by molar-refractivity contribution is -0.199. The topological polar surface area (TPSA) is 12.5 Å². The summed E-state index contributed by atoms with van der Waals surface area (Å²) in [6.07, 6.45) is 7.58. The zero-order valence-corrected chi connectivity index (χ0v) is 9.93. The van der Waals surface area contributed by atoms with E-state index in [1.165, 1.54) is 38.5 Å². The summed E-state index contributed by atoms with van der Waals surface area (Å²) < 4.78 is 6.06. The van der Waals surface area contributed by atoms with E-state index in [1.54, 1.807) is 0 Å². The van der Waals surface area contributed by atoms with Crippen molar-refractivity contribution in [1.29, 1.82) is 0 Å². The second-order valence-electron chi connectivity index (χ2n) is 4.53. The second kappa shape index (κ2) is 4.42. The largest absolute Gasteiger partial charge is 0.360 e. The van der Waals surface area contributed by atoms with Crippen molar-refractivity contribution in [3.05, 3.63) is 0 Å². The fourth-order valence-corrected chi connectivity index (χ4v) is 3.15. The van der Waals surface area contributed by atoms with Gasteiger partial charge in [-0.3, -0.25) is 4.90 Å². The third-order valence-corrected chi connectivity index (χ3v) is 3.80. The first-order valence-corrected chi connectivity index (χ1v) is 6.35. The smallest absolute Gasteiger partial charge is 0.122 e. The van der Waals surface area contributed by atoms with Crippen LogP contribution in [0.5, 0.6) is 0 Å². The van der Waals surface area contributed by atoms with Gasteiger partial charge in [-0.05, 0) is 45.4 Å². The normalized spacial score (nSPS) is 37.3. The van der Waals surface area contributed by atoms with E-state index in [1.807, 2.05) is 0 Å². The SMILES string of the molecule is CC(S)N1CCCCC12CCCCO2. The van der Waals surface area contributed by atoms with Crippen molar-refractivity contribution in [3.8, 4) is 0 Å². The van der Waals surface area contributed by atoms with E-state index in [-0.39, 0.29) is 5.72 Å². The van der Waals surface area contributed by atoms with Gasteiger partial charge in [0.2, 0.25) is 0 Å². The summed E-state index contributed by atoms with van der Waals surface area (Å²) in [6.45, 7) is 4.26. The number of rotatable bonds is 1. The van der Waals surface area contributed by atoms with Crippen LogP contribution in [-0.4, -0.2) is 29.2 Å². The van der Waals surface area contributed by atoms with Crippen molar-refractivity contribution in [2.45, 2.75) is 56.5 Å². The van der Waals surface area contributed by atoms with E-state index in [0.29, 0.717) is 5.37 Å². The molecule has 0 aliphatic carbocycles. The number of ether oxygens (including phenoxy) is 1. The van der Waals surface area contributed by atoms with Crippen molar-refractivity contribution < 1.29 is 4.74 Å². The van der Waals surface area contributed by atoms with Gasteiger partial charge in [0.25, 0.3) is 0 Å². The summed E-state index contributed by atoms with van der Waals surface area (Å²) in [7, 11) is 0. The van der Waals surface area contributed by atoms with Crippen molar-refractivity contribution in [2.75, 3.05) is 13.2 Å². The lowest BCUT2D eigenvalue weighted by Crippen LogP contribution is -2.57. The van der Waals surface area contributed by atoms with E-state index in [2.05, 4.69) is 24.5 Å². The van der Waals surface area contributed by atoms with Gasteiger partial charge < -0.3 is 4.74 Å². The summed E-state index contributed by atoms with van der Waals surface area (Å²) in [4.78, 5) is 2.46. The first-order chi connectivity index (χ1) is 6.75. The lowest BCUT2D eigenvalue weighted by Gasteiger charge is -2.50. The predicted molar refractivity (Wildman–Crippen MR) is 61.5 cm³/mol. The van der Waals surface area contributed by atoms with Crippen LogP contribution in [0.2, 0.25) is 0 Å². The minimum absolute atomic E-state index is 0.0532. The number of piperidine rings is 1. The minimum atomic E-state index is 0.0532. The third kappa shape index (κ3) is 1.95. The molecular formula is C11H21NOS. The molecule has 2 aliphatic heterocycles. The minimum Gasteiger partial charge on any atom is -0.360 e. The average Bonchev–Trinajstić information content (AvgIpc) is 2.19. The molecule has 3 heteroatoms. The monoisotopic (exact) mass is 215 g/mol. The Morgan fingerprint density at radius 2 is 1.93 bits per heavy atom. The van der Waals surface area contributed by atoms with E-state index in [0.717, 1.165) is 13.2 Å². The molecule has 2 aliphatic rings. The van der Waals surface area contributed by atoms with E-state index < -0.39 is 0 Å². The predicted octanol–water partition coefficient (Wildman–Crippen LogP) is 2.64. The molecule has 1 spiro atoms. The Morgan fingerprint density at radius 1 is 1.21 bits per heavy atom. The quantitative estimate of drug-likeness (QED) is 0.675. The molecule has 2 unspecified atom stereocenters. The molecule has 14 heavy (non-hydrogen) atoms. The first kappa shape index (κ1) is 10.8. The third-order valence-electron chi connectivity index (χ3n) is 3.52. The number of thiol groups is 1. The Balaban J connectivity index is 2.10. The molecule has 0 amide bonds. The van der Waals surface area contributed by atoms with Crippen LogP contribution in [0.15, 0.2) is 0 Å². The van der Waals surface area contributed by atoms with E-state index in [4.69, 9.17) is 4.74 Å². The van der Waals surface area contributed by atoms with Crippen molar-refractivity contribution in [3.63, 3.8) is 0 Å². The molecule has 2 nitrogen and oxygen atoms in total. The van der Waals surface area contributed by atoms with Crippen LogP contribution in [0.4, 0.5) is 0 Å². The van der Waals surface area contributed by atoms with Gasteiger partial charge in [-0.15, -0.1) is 0 Å². The highest BCUT2D eigenvalue weighted by atomic mass is 32.1. The highest BCUT2D eigenvalue weighted by molar-refractivity contribution is 7.80. The summed E-state index contributed by atoms with van der Waals surface area (Å²) in [6, 6.07) is 0. The molecule has 2 atom stereocenters. The number of nitrogens with zero attached hydrogens (tertiary/aromatic N) is 1. The number of hydrogen-bond donors (Lipinski definition) is 1. The van der Waals surface area contributed by atoms with Gasteiger partial charge >= 0.3 is 0 Å². The number of likely N-dealkylation sites (tertiary alicyclic amines) is 1. The van der Waals surface area contributed by atoms with Gasteiger partial charge in [0.15, 0.2) is 0 Å². The Morgan fingerprint density at radius 3 is 2.50 bits per heavy atom. The number of hydrogen-bond acceptors (Lipinski definition) is 3. The van der Waals surface area contributed by atoms with Crippen LogP contribution in [0.25, 0.3) is 0 Å². The van der Waals surface area contributed by atoms with Crippen LogP contribution < -0.4 is 0 Å². The van der Waals surface area contributed by atoms with Crippen LogP contribution in [0.1, 0.15) is 45.4 Å². The van der Waals surface area contributed by atoms with Gasteiger partial charge in [-0.25, -0.2) is 0 Å². The highest BCUT2D eigenvalue weighted by Crippen LogP contribution is 2.38. The maximum Gasteiger partial charge on any atom is 0.122 e. The van der Waals surface area contributed by atoms with Crippen molar-refractivity contribution in [2.24, 2.45) is 0 Å². The van der Waals surface area contributed by atoms with Crippen LogP contribution in [0, 0.1) is 0 Å². The molecule has 0 N–H and O–H groups in total. The molecule has 0 aromatic heterocycles. The Labute approximate surface area is 92.4 Å². The van der Waals surface area contributed by atoms with E-state index >= 15 is 0 Å². The van der Waals surface area contributed by atoms with Gasteiger partial charge in [0.05, 0.1) is 5.37 Å². The molecule has 2 rings (SSSR count). The van der Waals surface area contributed by atoms with Crippen LogP contribution in [0.3, 0.4) is 0 Å². The van der Waals surface area contributed by atoms with Crippen LogP contribution >= 0.6 is 12.6 Å². The average molecular weight is 215 g/mol. The molecule has 2 heterocycles. The van der Waals surface area contributed by atoms with Gasteiger partial charge in [-0.2, -0.15) is 12.6 Å². The maximum atomic E-state index is 6.06. The Kier molecular flexibility index (Phi) is 3.40. The molecule has 0 aromatic rings. The molecule has 0 aromatic carbocycles. The molecular weight excluding hydrogens is 194 g/mol. The molecule has 2 fully saturated rings. The second-order valence-corrected chi connectivity index (χ2v) is 5.28. The summed E-state index contributed by atoms with van der Waals surface area (Å²) in [5.74, 6) is 0. The molecule has 0 radical (unpaired) electrons. The van der Waals surface area contributed by atoms with Gasteiger partial charge in [-0.1, -0.05) is 0 Å². The fourth-order valence-electron chi connectivity index (χ4n) is 2.82.